The second-order valence-electron chi connectivity index (χ2n) is 4.51. The molecule has 1 aromatic rings. The average molecular weight is 279 g/mol. The molecule has 1 aliphatic rings. The minimum atomic E-state index is -0.988. The zero-order valence-electron chi connectivity index (χ0n) is 10.6. The van der Waals surface area contributed by atoms with Crippen LogP contribution in [0.4, 0.5) is 5.69 Å². The highest BCUT2D eigenvalue weighted by atomic mass is 32.2. The van der Waals surface area contributed by atoms with Crippen molar-refractivity contribution < 1.29 is 14.7 Å². The zero-order chi connectivity index (χ0) is 13.7. The van der Waals surface area contributed by atoms with Crippen molar-refractivity contribution in [2.24, 2.45) is 0 Å². The van der Waals surface area contributed by atoms with Gasteiger partial charge >= 0.3 is 5.97 Å². The van der Waals surface area contributed by atoms with Crippen LogP contribution in [0.15, 0.2) is 30.3 Å². The smallest absolute Gasteiger partial charge is 0.323 e. The van der Waals surface area contributed by atoms with E-state index in [0.29, 0.717) is 5.69 Å². The molecule has 0 spiro atoms. The quantitative estimate of drug-likeness (QED) is 0.919. The largest absolute Gasteiger partial charge is 0.480 e. The molecule has 1 amide bonds. The van der Waals surface area contributed by atoms with Crippen molar-refractivity contribution in [1.29, 1.82) is 0 Å². The summed E-state index contributed by atoms with van der Waals surface area (Å²) < 4.78 is 0. The van der Waals surface area contributed by atoms with Gasteiger partial charge in [0.25, 0.3) is 0 Å². The van der Waals surface area contributed by atoms with Gasteiger partial charge in [0.1, 0.15) is 6.54 Å². The van der Waals surface area contributed by atoms with Gasteiger partial charge in [-0.1, -0.05) is 24.6 Å². The van der Waals surface area contributed by atoms with E-state index >= 15 is 0 Å². The highest BCUT2D eigenvalue weighted by molar-refractivity contribution is 8.00. The maximum absolute atomic E-state index is 12.5. The Kier molecular flexibility index (Phi) is 4.85. The van der Waals surface area contributed by atoms with Crippen molar-refractivity contribution in [3.8, 4) is 0 Å². The van der Waals surface area contributed by atoms with Crippen molar-refractivity contribution in [1.82, 2.24) is 0 Å². The summed E-state index contributed by atoms with van der Waals surface area (Å²) in [5.74, 6) is -0.0946. The molecule has 0 aliphatic carbocycles. The number of carbonyl (C=O) groups is 2. The number of anilines is 1. The van der Waals surface area contributed by atoms with Crippen LogP contribution in [-0.4, -0.2) is 34.5 Å². The summed E-state index contributed by atoms with van der Waals surface area (Å²) in [6.45, 7) is -0.278. The zero-order valence-corrected chi connectivity index (χ0v) is 11.4. The lowest BCUT2D eigenvalue weighted by molar-refractivity contribution is -0.136. The second kappa shape index (κ2) is 6.61. The summed E-state index contributed by atoms with van der Waals surface area (Å²) >= 11 is 1.64. The van der Waals surface area contributed by atoms with E-state index in [1.54, 1.807) is 23.9 Å². The van der Waals surface area contributed by atoms with Gasteiger partial charge in [0.05, 0.1) is 5.25 Å². The first-order chi connectivity index (χ1) is 9.18. The van der Waals surface area contributed by atoms with Gasteiger partial charge in [0.2, 0.25) is 5.91 Å². The number of carboxylic acid groups (broad SMARTS) is 1. The molecule has 2 rings (SSSR count). The van der Waals surface area contributed by atoms with Gasteiger partial charge in [0, 0.05) is 5.69 Å². The van der Waals surface area contributed by atoms with E-state index in [1.807, 2.05) is 18.2 Å². The van der Waals surface area contributed by atoms with E-state index < -0.39 is 5.97 Å². The number of nitrogens with zero attached hydrogens (tertiary/aromatic N) is 1. The Labute approximate surface area is 116 Å². The maximum atomic E-state index is 12.5. The lowest BCUT2D eigenvalue weighted by Gasteiger charge is -2.28. The molecule has 0 saturated carbocycles. The van der Waals surface area contributed by atoms with E-state index in [4.69, 9.17) is 5.11 Å². The molecule has 1 atom stereocenters. The molecule has 1 heterocycles. The van der Waals surface area contributed by atoms with Crippen LogP contribution in [0.3, 0.4) is 0 Å². The van der Waals surface area contributed by atoms with Crippen LogP contribution >= 0.6 is 11.8 Å². The molecule has 1 saturated heterocycles. The number of amides is 1. The minimum Gasteiger partial charge on any atom is -0.480 e. The molecule has 1 aliphatic heterocycles. The van der Waals surface area contributed by atoms with Crippen LogP contribution in [0.1, 0.15) is 19.3 Å². The number of hydrogen-bond acceptors (Lipinski definition) is 3. The predicted octanol–water partition coefficient (Wildman–Crippen LogP) is 2.39. The van der Waals surface area contributed by atoms with Crippen molar-refractivity contribution in [2.45, 2.75) is 24.5 Å². The summed E-state index contributed by atoms with van der Waals surface area (Å²) in [4.78, 5) is 24.8. The van der Waals surface area contributed by atoms with E-state index in [2.05, 4.69) is 0 Å². The van der Waals surface area contributed by atoms with Crippen LogP contribution < -0.4 is 4.90 Å². The molecule has 0 bridgehead atoms. The fourth-order valence-electron chi connectivity index (χ4n) is 2.15. The van der Waals surface area contributed by atoms with Gasteiger partial charge in [-0.3, -0.25) is 9.59 Å². The molecule has 0 aromatic heterocycles. The average Bonchev–Trinajstić information content (AvgIpc) is 2.46. The SMILES string of the molecule is O=C(O)CN(C(=O)C1CCCCS1)c1ccccc1. The Balaban J connectivity index is 2.17. The fourth-order valence-corrected chi connectivity index (χ4v) is 3.41. The predicted molar refractivity (Wildman–Crippen MR) is 76.5 cm³/mol. The molecule has 1 unspecified atom stereocenters. The first-order valence-electron chi connectivity index (χ1n) is 6.38. The van der Waals surface area contributed by atoms with E-state index in [0.717, 1.165) is 25.0 Å². The number of rotatable bonds is 4. The third-order valence-electron chi connectivity index (χ3n) is 3.08. The van der Waals surface area contributed by atoms with Gasteiger partial charge in [0.15, 0.2) is 0 Å². The summed E-state index contributed by atoms with van der Waals surface area (Å²) in [6, 6.07) is 9.02. The van der Waals surface area contributed by atoms with Gasteiger partial charge in [-0.05, 0) is 30.7 Å². The Hall–Kier alpha value is -1.49. The monoisotopic (exact) mass is 279 g/mol. The number of carbonyl (C=O) groups excluding carboxylic acids is 1. The van der Waals surface area contributed by atoms with E-state index in [-0.39, 0.29) is 17.7 Å². The molecule has 4 nitrogen and oxygen atoms in total. The molecule has 5 heteroatoms. The highest BCUT2D eigenvalue weighted by Crippen LogP contribution is 2.28. The molecule has 19 heavy (non-hydrogen) atoms. The van der Waals surface area contributed by atoms with Gasteiger partial charge < -0.3 is 10.0 Å². The summed E-state index contributed by atoms with van der Waals surface area (Å²) in [7, 11) is 0. The Morgan fingerprint density at radius 3 is 2.58 bits per heavy atom. The van der Waals surface area contributed by atoms with Crippen LogP contribution in [0.2, 0.25) is 0 Å². The number of thioether (sulfide) groups is 1. The topological polar surface area (TPSA) is 57.6 Å². The first kappa shape index (κ1) is 13.9. The van der Waals surface area contributed by atoms with Crippen molar-refractivity contribution >= 4 is 29.3 Å². The molecular formula is C14H17NO3S. The van der Waals surface area contributed by atoms with Crippen molar-refractivity contribution in [3.63, 3.8) is 0 Å². The van der Waals surface area contributed by atoms with Crippen LogP contribution in [0.5, 0.6) is 0 Å². The third-order valence-corrected chi connectivity index (χ3v) is 4.45. The van der Waals surface area contributed by atoms with E-state index in [1.165, 1.54) is 4.90 Å². The second-order valence-corrected chi connectivity index (χ2v) is 5.82. The molecule has 1 N–H and O–H groups in total. The Morgan fingerprint density at radius 1 is 1.26 bits per heavy atom. The van der Waals surface area contributed by atoms with Crippen molar-refractivity contribution in [2.75, 3.05) is 17.2 Å². The van der Waals surface area contributed by atoms with Crippen LogP contribution in [0, 0.1) is 0 Å². The van der Waals surface area contributed by atoms with Crippen molar-refractivity contribution in [3.05, 3.63) is 30.3 Å². The lowest BCUT2D eigenvalue weighted by atomic mass is 10.1. The maximum Gasteiger partial charge on any atom is 0.323 e. The molecular weight excluding hydrogens is 262 g/mol. The Bertz CT molecular complexity index is 443. The van der Waals surface area contributed by atoms with Crippen LogP contribution in [0.25, 0.3) is 0 Å². The summed E-state index contributed by atoms with van der Waals surface area (Å²) in [5.41, 5.74) is 0.654. The number of carboxylic acids is 1. The lowest BCUT2D eigenvalue weighted by Crippen LogP contribution is -2.42. The number of hydrogen-bond donors (Lipinski definition) is 1. The fraction of sp³-hybridized carbons (Fsp3) is 0.429. The number of benzene rings is 1. The third kappa shape index (κ3) is 3.73. The van der Waals surface area contributed by atoms with Gasteiger partial charge in [-0.25, -0.2) is 0 Å². The highest BCUT2D eigenvalue weighted by Gasteiger charge is 2.28. The standard InChI is InChI=1S/C14H17NO3S/c16-13(17)10-15(11-6-2-1-3-7-11)14(18)12-8-4-5-9-19-12/h1-3,6-7,12H,4-5,8-10H2,(H,16,17). The molecule has 1 aromatic carbocycles. The van der Waals surface area contributed by atoms with Gasteiger partial charge in [-0.2, -0.15) is 0 Å². The normalized spacial score (nSPS) is 18.8. The molecule has 102 valence electrons. The molecule has 0 radical (unpaired) electrons. The minimum absolute atomic E-state index is 0.0849. The van der Waals surface area contributed by atoms with Gasteiger partial charge in [-0.15, -0.1) is 11.8 Å². The Morgan fingerprint density at radius 2 is 2.00 bits per heavy atom. The number of aliphatic carboxylic acids is 1. The summed E-state index contributed by atoms with van der Waals surface area (Å²) in [5, 5.41) is 8.89. The first-order valence-corrected chi connectivity index (χ1v) is 7.43. The molecule has 1 fully saturated rings. The van der Waals surface area contributed by atoms with E-state index in [9.17, 15) is 9.59 Å². The number of para-hydroxylation sites is 1. The summed E-state index contributed by atoms with van der Waals surface area (Å²) in [6.07, 6.45) is 3.02. The van der Waals surface area contributed by atoms with Crippen LogP contribution in [-0.2, 0) is 9.59 Å².